The highest BCUT2D eigenvalue weighted by molar-refractivity contribution is 5.87. The average molecular weight is 512 g/mol. The Kier molecular flexibility index (Phi) is 7.74. The molecular formula is C32H37N3O3. The summed E-state index contributed by atoms with van der Waals surface area (Å²) < 4.78 is 0. The summed E-state index contributed by atoms with van der Waals surface area (Å²) in [6, 6.07) is 13.4. The highest BCUT2D eigenvalue weighted by Gasteiger charge is 2.28. The Balaban J connectivity index is 1.71. The van der Waals surface area contributed by atoms with Crippen molar-refractivity contribution in [3.05, 3.63) is 105 Å². The van der Waals surface area contributed by atoms with Gasteiger partial charge < -0.3 is 21.1 Å². The summed E-state index contributed by atoms with van der Waals surface area (Å²) >= 11 is 0. The van der Waals surface area contributed by atoms with Gasteiger partial charge in [0.2, 0.25) is 0 Å². The van der Waals surface area contributed by atoms with Crippen molar-refractivity contribution < 1.29 is 9.90 Å². The molecule has 0 saturated heterocycles. The van der Waals surface area contributed by atoms with Gasteiger partial charge in [-0.3, -0.25) is 9.59 Å². The van der Waals surface area contributed by atoms with E-state index in [1.54, 1.807) is 0 Å². The molecule has 2 atom stereocenters. The fourth-order valence-corrected chi connectivity index (χ4v) is 5.33. The maximum absolute atomic E-state index is 12.6. The van der Waals surface area contributed by atoms with Gasteiger partial charge in [-0.25, -0.2) is 0 Å². The first-order valence-corrected chi connectivity index (χ1v) is 13.0. The molecule has 0 aliphatic heterocycles. The molecule has 2 aromatic carbocycles. The van der Waals surface area contributed by atoms with Crippen LogP contribution in [-0.4, -0.2) is 22.1 Å². The molecule has 1 aliphatic rings. The number of aromatic nitrogens is 1. The van der Waals surface area contributed by atoms with E-state index in [-0.39, 0.29) is 12.0 Å². The fraction of sp³-hybridized carbons (Fsp3) is 0.312. The van der Waals surface area contributed by atoms with Gasteiger partial charge in [0.25, 0.3) is 5.56 Å². The summed E-state index contributed by atoms with van der Waals surface area (Å²) in [5.74, 6) is -0.274. The molecule has 198 valence electrons. The predicted octanol–water partition coefficient (Wildman–Crippen LogP) is 5.53. The van der Waals surface area contributed by atoms with Gasteiger partial charge in [0.05, 0.1) is 0 Å². The second-order valence-electron chi connectivity index (χ2n) is 10.7. The Bertz CT molecular complexity index is 1480. The molecule has 5 N–H and O–H groups in total. The van der Waals surface area contributed by atoms with Crippen LogP contribution in [0.5, 0.6) is 0 Å². The number of rotatable bonds is 9. The van der Waals surface area contributed by atoms with E-state index in [1.165, 1.54) is 16.7 Å². The number of aromatic amines is 1. The lowest BCUT2D eigenvalue weighted by Crippen LogP contribution is -2.32. The number of carboxylic acids is 1. The van der Waals surface area contributed by atoms with Crippen LogP contribution in [0.2, 0.25) is 0 Å². The van der Waals surface area contributed by atoms with Crippen LogP contribution in [0.15, 0.2) is 59.9 Å². The number of carboxylic acid groups (broad SMARTS) is 1. The molecule has 6 heteroatoms. The maximum atomic E-state index is 12.6. The van der Waals surface area contributed by atoms with Crippen molar-refractivity contribution in [1.82, 2.24) is 10.3 Å². The number of aryl methyl sites for hydroxylation is 2. The molecular weight excluding hydrogens is 474 g/mol. The number of aliphatic carboxylic acids is 1. The molecule has 1 unspecified atom stereocenters. The molecule has 38 heavy (non-hydrogen) atoms. The largest absolute Gasteiger partial charge is 0.480 e. The van der Waals surface area contributed by atoms with E-state index in [4.69, 9.17) is 10.8 Å². The third kappa shape index (κ3) is 5.50. The van der Waals surface area contributed by atoms with E-state index >= 15 is 0 Å². The Hall–Kier alpha value is -3.90. The molecule has 0 fully saturated rings. The highest BCUT2D eigenvalue weighted by Crippen LogP contribution is 2.45. The molecule has 0 saturated carbocycles. The van der Waals surface area contributed by atoms with Crippen LogP contribution in [0.3, 0.4) is 0 Å². The smallest absolute Gasteiger partial charge is 0.320 e. The van der Waals surface area contributed by atoms with Gasteiger partial charge in [-0.15, -0.1) is 0 Å². The molecule has 0 amide bonds. The van der Waals surface area contributed by atoms with Crippen molar-refractivity contribution in [1.29, 1.82) is 0 Å². The molecule has 1 aliphatic carbocycles. The van der Waals surface area contributed by atoms with Crippen molar-refractivity contribution in [2.75, 3.05) is 0 Å². The lowest BCUT2D eigenvalue weighted by molar-refractivity contribution is -0.138. The second-order valence-corrected chi connectivity index (χ2v) is 10.7. The van der Waals surface area contributed by atoms with Crippen LogP contribution in [-0.2, 0) is 17.8 Å². The Morgan fingerprint density at radius 1 is 1.11 bits per heavy atom. The number of hydrogen-bond donors (Lipinski definition) is 4. The van der Waals surface area contributed by atoms with E-state index in [1.807, 2.05) is 44.2 Å². The number of allylic oxidation sites excluding steroid dienone is 2. The standard InChI is InChI=1S/C32H37N3O3/c1-17(2)25-12-19(4)30-26(21(6)34-16-28-18(3)11-20(5)35-31(28)36)14-24(15-27(25)30)23-9-7-22(8-10-23)13-29(33)32(37)38/h7-12,14-15,17,25,29,34H,6,13,16,33H2,1-5H3,(H,35,36)(H,37,38)/t25-,29?/m0/s1. The quantitative estimate of drug-likeness (QED) is 0.302. The van der Waals surface area contributed by atoms with Gasteiger partial charge in [0, 0.05) is 35.0 Å². The highest BCUT2D eigenvalue weighted by atomic mass is 16.4. The van der Waals surface area contributed by atoms with E-state index < -0.39 is 12.0 Å². The number of H-pyrrole nitrogens is 1. The normalized spacial score (nSPS) is 15.2. The van der Waals surface area contributed by atoms with Crippen molar-refractivity contribution in [2.45, 2.75) is 59.5 Å². The number of nitrogens with two attached hydrogens (primary N) is 1. The molecule has 4 rings (SSSR count). The summed E-state index contributed by atoms with van der Waals surface area (Å²) in [6.07, 6.45) is 2.61. The van der Waals surface area contributed by atoms with Crippen LogP contribution in [0.1, 0.15) is 65.8 Å². The maximum Gasteiger partial charge on any atom is 0.320 e. The lowest BCUT2D eigenvalue weighted by Gasteiger charge is -2.21. The lowest BCUT2D eigenvalue weighted by atomic mass is 9.85. The zero-order valence-electron chi connectivity index (χ0n) is 22.8. The molecule has 0 radical (unpaired) electrons. The first-order chi connectivity index (χ1) is 18.0. The van der Waals surface area contributed by atoms with E-state index in [0.717, 1.165) is 39.2 Å². The first-order valence-electron chi connectivity index (χ1n) is 13.0. The van der Waals surface area contributed by atoms with Crippen molar-refractivity contribution in [2.24, 2.45) is 11.7 Å². The SMILES string of the molecule is C=C(NCc1c(C)cc(C)[nH]c1=O)c1cc(-c2ccc(CC(N)C(=O)O)cc2)cc2c1C(C)=C[C@H]2C(C)C. The van der Waals surface area contributed by atoms with Gasteiger partial charge >= 0.3 is 5.97 Å². The van der Waals surface area contributed by atoms with E-state index in [2.05, 4.69) is 55.9 Å². The number of pyridine rings is 1. The molecule has 3 aromatic rings. The third-order valence-corrected chi connectivity index (χ3v) is 7.43. The second kappa shape index (κ2) is 10.8. The van der Waals surface area contributed by atoms with Crippen LogP contribution in [0.25, 0.3) is 22.4 Å². The van der Waals surface area contributed by atoms with Gasteiger partial charge in [-0.1, -0.05) is 50.8 Å². The van der Waals surface area contributed by atoms with Gasteiger partial charge in [-0.2, -0.15) is 0 Å². The minimum absolute atomic E-state index is 0.0829. The summed E-state index contributed by atoms with van der Waals surface area (Å²) in [7, 11) is 0. The zero-order valence-corrected chi connectivity index (χ0v) is 22.8. The Labute approximate surface area is 224 Å². The van der Waals surface area contributed by atoms with Crippen LogP contribution in [0, 0.1) is 19.8 Å². The van der Waals surface area contributed by atoms with E-state index in [0.29, 0.717) is 23.9 Å². The number of nitrogens with one attached hydrogen (secondary N) is 2. The molecule has 0 bridgehead atoms. The molecule has 0 spiro atoms. The molecule has 1 aromatic heterocycles. The Morgan fingerprint density at radius 2 is 1.79 bits per heavy atom. The topological polar surface area (TPSA) is 108 Å². The minimum Gasteiger partial charge on any atom is -0.480 e. The first kappa shape index (κ1) is 27.1. The van der Waals surface area contributed by atoms with Crippen molar-refractivity contribution in [3.63, 3.8) is 0 Å². The minimum atomic E-state index is -1.01. The number of fused-ring (bicyclic) bond motifs is 1. The summed E-state index contributed by atoms with van der Waals surface area (Å²) in [5.41, 5.74) is 16.6. The summed E-state index contributed by atoms with van der Waals surface area (Å²) in [4.78, 5) is 26.6. The fourth-order valence-electron chi connectivity index (χ4n) is 5.33. The molecule has 6 nitrogen and oxygen atoms in total. The predicted molar refractivity (Wildman–Crippen MR) is 155 cm³/mol. The van der Waals surface area contributed by atoms with Crippen molar-refractivity contribution in [3.8, 4) is 11.1 Å². The van der Waals surface area contributed by atoms with Gasteiger partial charge in [0.15, 0.2) is 0 Å². The van der Waals surface area contributed by atoms with E-state index in [9.17, 15) is 9.59 Å². The van der Waals surface area contributed by atoms with Crippen LogP contribution in [0.4, 0.5) is 0 Å². The van der Waals surface area contributed by atoms with Gasteiger partial charge in [-0.05, 0) is 90.3 Å². The number of benzene rings is 2. The summed E-state index contributed by atoms with van der Waals surface area (Å²) in [5, 5.41) is 12.6. The molecule has 1 heterocycles. The monoisotopic (exact) mass is 511 g/mol. The Morgan fingerprint density at radius 3 is 2.39 bits per heavy atom. The number of hydrogen-bond acceptors (Lipinski definition) is 4. The zero-order chi connectivity index (χ0) is 27.7. The van der Waals surface area contributed by atoms with Crippen molar-refractivity contribution >= 4 is 17.2 Å². The third-order valence-electron chi connectivity index (χ3n) is 7.43. The van der Waals surface area contributed by atoms with Crippen LogP contribution < -0.4 is 16.6 Å². The van der Waals surface area contributed by atoms with Gasteiger partial charge in [0.1, 0.15) is 6.04 Å². The van der Waals surface area contributed by atoms with Crippen LogP contribution >= 0.6 is 0 Å². The average Bonchev–Trinajstić information content (AvgIpc) is 3.19. The number of carbonyl (C=O) groups is 1. The summed E-state index contributed by atoms with van der Waals surface area (Å²) in [6.45, 7) is 15.2.